The van der Waals surface area contributed by atoms with Crippen LogP contribution in [0, 0.1) is 6.92 Å². The molecule has 0 amide bonds. The van der Waals surface area contributed by atoms with Gasteiger partial charge in [-0.05, 0) is 43.7 Å². The minimum absolute atomic E-state index is 0.271. The molecule has 0 spiro atoms. The number of hydrogen-bond donors (Lipinski definition) is 2. The number of halogens is 1. The van der Waals surface area contributed by atoms with Gasteiger partial charge in [-0.1, -0.05) is 19.4 Å². The molecule has 3 aromatic rings. The van der Waals surface area contributed by atoms with Gasteiger partial charge in [0.1, 0.15) is 12.5 Å². The highest BCUT2D eigenvalue weighted by Gasteiger charge is 2.17. The number of anilines is 3. The summed E-state index contributed by atoms with van der Waals surface area (Å²) in [5.74, 6) is 1.66. The summed E-state index contributed by atoms with van der Waals surface area (Å²) >= 11 is 0. The lowest BCUT2D eigenvalue weighted by Gasteiger charge is -2.29. The van der Waals surface area contributed by atoms with Crippen molar-refractivity contribution in [1.29, 1.82) is 0 Å². The van der Waals surface area contributed by atoms with Crippen LogP contribution in [0.5, 0.6) is 0 Å². The Morgan fingerprint density at radius 1 is 1.19 bits per heavy atom. The molecular formula is C22H31FN8. The van der Waals surface area contributed by atoms with Gasteiger partial charge in [0.15, 0.2) is 11.5 Å². The van der Waals surface area contributed by atoms with Crippen LogP contribution in [0.4, 0.5) is 22.0 Å². The van der Waals surface area contributed by atoms with Crippen molar-refractivity contribution in [1.82, 2.24) is 24.6 Å². The highest BCUT2D eigenvalue weighted by molar-refractivity contribution is 5.61. The molecule has 0 aromatic carbocycles. The molecule has 1 atom stereocenters. The molecule has 4 rings (SSSR count). The number of aromatic nitrogens is 5. The van der Waals surface area contributed by atoms with Gasteiger partial charge in [-0.3, -0.25) is 0 Å². The Labute approximate surface area is 182 Å². The molecule has 0 aliphatic carbocycles. The van der Waals surface area contributed by atoms with E-state index in [0.29, 0.717) is 24.4 Å². The van der Waals surface area contributed by atoms with Crippen LogP contribution in [0.3, 0.4) is 0 Å². The fourth-order valence-electron chi connectivity index (χ4n) is 4.22. The molecule has 9 heteroatoms. The topological polar surface area (TPSA) is 97.3 Å². The highest BCUT2D eigenvalue weighted by Crippen LogP contribution is 2.23. The zero-order chi connectivity index (χ0) is 21.8. The maximum Gasteiger partial charge on any atom is 0.243 e. The number of piperidine rings is 1. The van der Waals surface area contributed by atoms with Crippen molar-refractivity contribution in [3.8, 4) is 0 Å². The Balaban J connectivity index is 1.57. The summed E-state index contributed by atoms with van der Waals surface area (Å²) in [6.07, 6.45) is 9.63. The van der Waals surface area contributed by atoms with Gasteiger partial charge in [-0.2, -0.15) is 4.98 Å². The zero-order valence-electron chi connectivity index (χ0n) is 18.3. The quantitative estimate of drug-likeness (QED) is 0.568. The summed E-state index contributed by atoms with van der Waals surface area (Å²) < 4.78 is 15.0. The Hall–Kier alpha value is -2.97. The van der Waals surface area contributed by atoms with Crippen molar-refractivity contribution in [2.75, 3.05) is 35.7 Å². The Kier molecular flexibility index (Phi) is 6.48. The minimum Gasteiger partial charge on any atom is -0.380 e. The maximum absolute atomic E-state index is 13.3. The lowest BCUT2D eigenvalue weighted by Crippen LogP contribution is -2.30. The number of hydrogen-bond acceptors (Lipinski definition) is 7. The second-order valence-electron chi connectivity index (χ2n) is 8.30. The van der Waals surface area contributed by atoms with E-state index in [1.807, 2.05) is 13.1 Å². The molecule has 8 nitrogen and oxygen atoms in total. The van der Waals surface area contributed by atoms with E-state index >= 15 is 0 Å². The molecule has 1 unspecified atom stereocenters. The third-order valence-corrected chi connectivity index (χ3v) is 5.76. The molecule has 31 heavy (non-hydrogen) atoms. The molecule has 1 aliphatic heterocycles. The molecule has 0 bridgehead atoms. The zero-order valence-corrected chi connectivity index (χ0v) is 18.3. The summed E-state index contributed by atoms with van der Waals surface area (Å²) in [7, 11) is 0. The van der Waals surface area contributed by atoms with Gasteiger partial charge in [0.25, 0.3) is 0 Å². The van der Waals surface area contributed by atoms with Crippen LogP contribution >= 0.6 is 0 Å². The highest BCUT2D eigenvalue weighted by atomic mass is 19.1. The van der Waals surface area contributed by atoms with E-state index in [-0.39, 0.29) is 11.9 Å². The molecule has 4 heterocycles. The van der Waals surface area contributed by atoms with Gasteiger partial charge >= 0.3 is 0 Å². The molecule has 166 valence electrons. The minimum atomic E-state index is -0.486. The number of pyridine rings is 1. The molecule has 3 aromatic heterocycles. The third kappa shape index (κ3) is 4.70. The molecule has 1 aliphatic rings. The van der Waals surface area contributed by atoms with E-state index in [9.17, 15) is 4.39 Å². The fourth-order valence-corrected chi connectivity index (χ4v) is 4.22. The summed E-state index contributed by atoms with van der Waals surface area (Å²) in [4.78, 5) is 15.8. The number of fused-ring (bicyclic) bond motifs is 1. The lowest BCUT2D eigenvalue weighted by molar-refractivity contribution is 0.426. The number of nitrogen functional groups attached to an aromatic ring is 1. The number of imidazole rings is 1. The molecule has 3 N–H and O–H groups in total. The van der Waals surface area contributed by atoms with Crippen molar-refractivity contribution in [3.63, 3.8) is 0 Å². The lowest BCUT2D eigenvalue weighted by atomic mass is 10.1. The van der Waals surface area contributed by atoms with Crippen molar-refractivity contribution in [2.24, 2.45) is 0 Å². The smallest absolute Gasteiger partial charge is 0.243 e. The fraction of sp³-hybridized carbons (Fsp3) is 0.545. The first-order valence-electron chi connectivity index (χ1n) is 11.1. The van der Waals surface area contributed by atoms with Gasteiger partial charge < -0.3 is 16.0 Å². The van der Waals surface area contributed by atoms with E-state index in [4.69, 9.17) is 10.7 Å². The standard InChI is InChI=1S/C22H31FN8/c1-3-7-17(12-23)27-22-28-19(24)21-26-14-18(31(21)29-22)11-16-10-15(2)20(25-13-16)30-8-5-4-6-9-30/h10,13-14,17H,3-9,11-12H2,1-2H3,(H3,24,27,28,29). The average molecular weight is 427 g/mol. The Morgan fingerprint density at radius 3 is 2.71 bits per heavy atom. The monoisotopic (exact) mass is 426 g/mol. The van der Waals surface area contributed by atoms with Crippen LogP contribution in [0.2, 0.25) is 0 Å². The molecule has 0 radical (unpaired) electrons. The van der Waals surface area contributed by atoms with Gasteiger partial charge in [0.2, 0.25) is 5.95 Å². The van der Waals surface area contributed by atoms with Gasteiger partial charge in [0.05, 0.1) is 17.9 Å². The van der Waals surface area contributed by atoms with E-state index < -0.39 is 6.67 Å². The summed E-state index contributed by atoms with van der Waals surface area (Å²) in [5.41, 5.74) is 9.74. The summed E-state index contributed by atoms with van der Waals surface area (Å²) in [6.45, 7) is 5.79. The first-order valence-corrected chi connectivity index (χ1v) is 11.1. The van der Waals surface area contributed by atoms with E-state index in [2.05, 4.69) is 38.3 Å². The van der Waals surface area contributed by atoms with Gasteiger partial charge in [-0.15, -0.1) is 5.10 Å². The van der Waals surface area contributed by atoms with Crippen molar-refractivity contribution in [3.05, 3.63) is 35.3 Å². The molecular weight excluding hydrogens is 395 g/mol. The normalized spacial score (nSPS) is 15.4. The van der Waals surface area contributed by atoms with Gasteiger partial charge in [0, 0.05) is 25.7 Å². The number of nitrogens with one attached hydrogen (secondary N) is 1. The van der Waals surface area contributed by atoms with Crippen molar-refractivity contribution >= 4 is 23.2 Å². The number of nitrogens with zero attached hydrogens (tertiary/aromatic N) is 6. The van der Waals surface area contributed by atoms with Crippen LogP contribution in [-0.4, -0.2) is 50.4 Å². The second kappa shape index (κ2) is 9.45. The third-order valence-electron chi connectivity index (χ3n) is 5.76. The first-order chi connectivity index (χ1) is 15.1. The van der Waals surface area contributed by atoms with Crippen molar-refractivity contribution < 1.29 is 4.39 Å². The first kappa shape index (κ1) is 21.3. The average Bonchev–Trinajstić information content (AvgIpc) is 3.17. The molecule has 0 saturated carbocycles. The molecule has 1 fully saturated rings. The summed E-state index contributed by atoms with van der Waals surface area (Å²) in [5, 5.41) is 7.58. The SMILES string of the molecule is CCCC(CF)Nc1nc(N)c2ncc(Cc3cnc(N4CCCCC4)c(C)c3)n2n1. The van der Waals surface area contributed by atoms with Crippen LogP contribution in [0.25, 0.3) is 5.65 Å². The van der Waals surface area contributed by atoms with E-state index in [0.717, 1.165) is 36.6 Å². The largest absolute Gasteiger partial charge is 0.380 e. The van der Waals surface area contributed by atoms with E-state index in [1.54, 1.807) is 10.7 Å². The Bertz CT molecular complexity index is 1030. The molecule has 1 saturated heterocycles. The van der Waals surface area contributed by atoms with Crippen LogP contribution < -0.4 is 16.0 Å². The number of alkyl halides is 1. The predicted molar refractivity (Wildman–Crippen MR) is 121 cm³/mol. The summed E-state index contributed by atoms with van der Waals surface area (Å²) in [6, 6.07) is 1.85. The predicted octanol–water partition coefficient (Wildman–Crippen LogP) is 3.54. The Morgan fingerprint density at radius 2 is 2.00 bits per heavy atom. The van der Waals surface area contributed by atoms with Crippen LogP contribution in [0.1, 0.15) is 55.8 Å². The van der Waals surface area contributed by atoms with E-state index in [1.165, 1.54) is 24.8 Å². The number of aryl methyl sites for hydroxylation is 1. The van der Waals surface area contributed by atoms with Crippen molar-refractivity contribution in [2.45, 2.75) is 58.4 Å². The second-order valence-corrected chi connectivity index (χ2v) is 8.30. The van der Waals surface area contributed by atoms with Gasteiger partial charge in [-0.25, -0.2) is 18.9 Å². The van der Waals surface area contributed by atoms with Crippen LogP contribution in [0.15, 0.2) is 18.5 Å². The maximum atomic E-state index is 13.3. The van der Waals surface area contributed by atoms with Crippen LogP contribution in [-0.2, 0) is 6.42 Å². The number of rotatable bonds is 8. The number of nitrogens with two attached hydrogens (primary N) is 1.